The van der Waals surface area contributed by atoms with Gasteiger partial charge in [-0.15, -0.1) is 0 Å². The highest BCUT2D eigenvalue weighted by atomic mass is 16.5. The van der Waals surface area contributed by atoms with Gasteiger partial charge in [-0.1, -0.05) is 84.9 Å². The zero-order chi connectivity index (χ0) is 23.0. The van der Waals surface area contributed by atoms with Crippen LogP contribution in [0.1, 0.15) is 16.7 Å². The van der Waals surface area contributed by atoms with Crippen molar-refractivity contribution in [3.63, 3.8) is 0 Å². The number of hydrogen-bond acceptors (Lipinski definition) is 3. The fraction of sp³-hybridized carbons (Fsp3) is 0.143. The zero-order valence-corrected chi connectivity index (χ0v) is 18.1. The van der Waals surface area contributed by atoms with Crippen molar-refractivity contribution >= 4 is 22.6 Å². The van der Waals surface area contributed by atoms with Gasteiger partial charge < -0.3 is 15.2 Å². The summed E-state index contributed by atoms with van der Waals surface area (Å²) >= 11 is 0. The second-order valence-corrected chi connectivity index (χ2v) is 7.94. The van der Waals surface area contributed by atoms with Crippen molar-refractivity contribution in [3.05, 3.63) is 114 Å². The maximum Gasteiger partial charge on any atom is 0.326 e. The van der Waals surface area contributed by atoms with Gasteiger partial charge in [-0.3, -0.25) is 4.79 Å². The molecular weight excluding hydrogens is 414 g/mol. The van der Waals surface area contributed by atoms with Gasteiger partial charge in [0.2, 0.25) is 5.91 Å². The van der Waals surface area contributed by atoms with E-state index in [1.165, 1.54) is 0 Å². The van der Waals surface area contributed by atoms with E-state index >= 15 is 0 Å². The molecule has 0 unspecified atom stereocenters. The maximum absolute atomic E-state index is 12.5. The number of ether oxygens (including phenoxy) is 1. The molecule has 1 amide bonds. The summed E-state index contributed by atoms with van der Waals surface area (Å²) in [4.78, 5) is 24.3. The molecule has 0 saturated carbocycles. The topological polar surface area (TPSA) is 75.6 Å². The van der Waals surface area contributed by atoms with Crippen LogP contribution in [0.3, 0.4) is 0 Å². The molecule has 4 rings (SSSR count). The molecule has 5 heteroatoms. The van der Waals surface area contributed by atoms with Gasteiger partial charge in [0.1, 0.15) is 18.4 Å². The van der Waals surface area contributed by atoms with Gasteiger partial charge in [0.25, 0.3) is 0 Å². The Morgan fingerprint density at radius 1 is 0.758 bits per heavy atom. The van der Waals surface area contributed by atoms with E-state index in [9.17, 15) is 14.7 Å². The van der Waals surface area contributed by atoms with Crippen LogP contribution in [0.15, 0.2) is 97.1 Å². The zero-order valence-electron chi connectivity index (χ0n) is 18.1. The van der Waals surface area contributed by atoms with E-state index in [0.717, 1.165) is 27.5 Å². The third kappa shape index (κ3) is 6.20. The minimum absolute atomic E-state index is 0.126. The van der Waals surface area contributed by atoms with Crippen molar-refractivity contribution in [2.24, 2.45) is 0 Å². The summed E-state index contributed by atoms with van der Waals surface area (Å²) in [5, 5.41) is 14.4. The monoisotopic (exact) mass is 439 g/mol. The average Bonchev–Trinajstić information content (AvgIpc) is 2.83. The predicted octanol–water partition coefficient (Wildman–Crippen LogP) is 4.77. The number of fused-ring (bicyclic) bond motifs is 1. The van der Waals surface area contributed by atoms with Crippen LogP contribution in [-0.2, 0) is 29.0 Å². The van der Waals surface area contributed by atoms with Crippen molar-refractivity contribution in [2.75, 3.05) is 0 Å². The highest BCUT2D eigenvalue weighted by molar-refractivity contribution is 5.87. The summed E-state index contributed by atoms with van der Waals surface area (Å²) in [6.45, 7) is 0.461. The molecule has 0 aliphatic rings. The molecule has 4 aromatic rings. The van der Waals surface area contributed by atoms with Gasteiger partial charge >= 0.3 is 5.97 Å². The van der Waals surface area contributed by atoms with Crippen LogP contribution in [0.5, 0.6) is 5.75 Å². The molecular formula is C28H25NO4. The van der Waals surface area contributed by atoms with E-state index in [-0.39, 0.29) is 18.7 Å². The Balaban J connectivity index is 1.33. The second-order valence-electron chi connectivity index (χ2n) is 7.94. The quantitative estimate of drug-likeness (QED) is 0.394. The fourth-order valence-corrected chi connectivity index (χ4v) is 3.68. The molecule has 0 aliphatic heterocycles. The van der Waals surface area contributed by atoms with E-state index in [2.05, 4.69) is 5.32 Å². The van der Waals surface area contributed by atoms with E-state index < -0.39 is 12.0 Å². The van der Waals surface area contributed by atoms with E-state index in [1.54, 1.807) is 0 Å². The molecule has 0 radical (unpaired) electrons. The number of amides is 1. The summed E-state index contributed by atoms with van der Waals surface area (Å²) < 4.78 is 5.77. The van der Waals surface area contributed by atoms with Crippen molar-refractivity contribution in [1.82, 2.24) is 5.32 Å². The van der Waals surface area contributed by atoms with E-state index in [1.807, 2.05) is 97.1 Å². The number of carbonyl (C=O) groups excluding carboxylic acids is 1. The molecule has 1 atom stereocenters. The molecule has 0 spiro atoms. The first kappa shape index (κ1) is 22.1. The molecule has 0 aliphatic carbocycles. The van der Waals surface area contributed by atoms with Crippen molar-refractivity contribution < 1.29 is 19.4 Å². The number of carboxylic acids is 1. The Hall–Kier alpha value is -4.12. The molecule has 166 valence electrons. The lowest BCUT2D eigenvalue weighted by atomic mass is 10.0. The van der Waals surface area contributed by atoms with E-state index in [0.29, 0.717) is 12.4 Å². The Morgan fingerprint density at radius 3 is 2.15 bits per heavy atom. The third-order valence-electron chi connectivity index (χ3n) is 5.42. The first-order chi connectivity index (χ1) is 16.1. The van der Waals surface area contributed by atoms with Gasteiger partial charge in [0.05, 0.1) is 6.42 Å². The number of benzene rings is 4. The third-order valence-corrected chi connectivity index (χ3v) is 5.42. The molecule has 4 aromatic carbocycles. The van der Waals surface area contributed by atoms with Gasteiger partial charge in [0, 0.05) is 6.42 Å². The molecule has 2 N–H and O–H groups in total. The number of nitrogens with one attached hydrogen (secondary N) is 1. The second kappa shape index (κ2) is 10.5. The van der Waals surface area contributed by atoms with Crippen LogP contribution in [-0.4, -0.2) is 23.0 Å². The first-order valence-electron chi connectivity index (χ1n) is 10.8. The van der Waals surface area contributed by atoms with Crippen LogP contribution in [0, 0.1) is 0 Å². The predicted molar refractivity (Wildman–Crippen MR) is 128 cm³/mol. The van der Waals surface area contributed by atoms with Gasteiger partial charge in [-0.25, -0.2) is 4.79 Å². The van der Waals surface area contributed by atoms with Crippen LogP contribution in [0.4, 0.5) is 0 Å². The number of aliphatic carboxylic acids is 1. The van der Waals surface area contributed by atoms with Gasteiger partial charge in [-0.2, -0.15) is 0 Å². The number of rotatable bonds is 9. The summed E-state index contributed by atoms with van der Waals surface area (Å²) in [5.41, 5.74) is 2.72. The molecule has 0 bridgehead atoms. The molecule has 0 aromatic heterocycles. The maximum atomic E-state index is 12.5. The Labute approximate surface area is 192 Å². The fourth-order valence-electron chi connectivity index (χ4n) is 3.68. The number of carbonyl (C=O) groups is 2. The summed E-state index contributed by atoms with van der Waals surface area (Å²) in [7, 11) is 0. The van der Waals surface area contributed by atoms with Crippen LogP contribution in [0.2, 0.25) is 0 Å². The molecule has 0 heterocycles. The van der Waals surface area contributed by atoms with Gasteiger partial charge in [0.15, 0.2) is 0 Å². The molecule has 33 heavy (non-hydrogen) atoms. The highest BCUT2D eigenvalue weighted by Crippen LogP contribution is 2.17. The SMILES string of the molecule is O=C(Cc1ccc2ccccc2c1)N[C@@H](Cc1ccc(OCc2ccccc2)cc1)C(=O)O. The van der Waals surface area contributed by atoms with Crippen molar-refractivity contribution in [2.45, 2.75) is 25.5 Å². The largest absolute Gasteiger partial charge is 0.489 e. The molecule has 0 fully saturated rings. The Bertz CT molecular complexity index is 1240. The highest BCUT2D eigenvalue weighted by Gasteiger charge is 2.20. The van der Waals surface area contributed by atoms with E-state index in [4.69, 9.17) is 4.74 Å². The molecule has 5 nitrogen and oxygen atoms in total. The summed E-state index contributed by atoms with van der Waals surface area (Å²) in [5.74, 6) is -0.679. The lowest BCUT2D eigenvalue weighted by Gasteiger charge is -2.15. The van der Waals surface area contributed by atoms with Gasteiger partial charge in [-0.05, 0) is 39.6 Å². The lowest BCUT2D eigenvalue weighted by molar-refractivity contribution is -0.141. The Kier molecular flexibility index (Phi) is 7.00. The standard InChI is InChI=1S/C28H25NO4/c30-27(18-22-10-13-23-8-4-5-9-24(23)16-22)29-26(28(31)32)17-20-11-14-25(15-12-20)33-19-21-6-2-1-3-7-21/h1-16,26H,17-19H2,(H,29,30)(H,31,32)/t26-/m0/s1. The van der Waals surface area contributed by atoms with Crippen molar-refractivity contribution in [1.29, 1.82) is 0 Å². The van der Waals surface area contributed by atoms with Crippen LogP contribution >= 0.6 is 0 Å². The lowest BCUT2D eigenvalue weighted by Crippen LogP contribution is -2.43. The van der Waals surface area contributed by atoms with Crippen LogP contribution < -0.4 is 10.1 Å². The number of carboxylic acid groups (broad SMARTS) is 1. The minimum atomic E-state index is -1.06. The smallest absolute Gasteiger partial charge is 0.326 e. The number of hydrogen-bond donors (Lipinski definition) is 2. The summed E-state index contributed by atoms with van der Waals surface area (Å²) in [6.07, 6.45) is 0.318. The average molecular weight is 440 g/mol. The normalized spacial score (nSPS) is 11.6. The molecule has 0 saturated heterocycles. The Morgan fingerprint density at radius 2 is 1.42 bits per heavy atom. The summed E-state index contributed by atoms with van der Waals surface area (Å²) in [6, 6.07) is 29.9. The first-order valence-corrected chi connectivity index (χ1v) is 10.8. The van der Waals surface area contributed by atoms with Crippen molar-refractivity contribution in [3.8, 4) is 5.75 Å². The van der Waals surface area contributed by atoms with Crippen LogP contribution in [0.25, 0.3) is 10.8 Å². The minimum Gasteiger partial charge on any atom is -0.489 e.